The molecule has 0 fully saturated rings. The summed E-state index contributed by atoms with van der Waals surface area (Å²) in [6, 6.07) is 14.4. The zero-order chi connectivity index (χ0) is 19.6. The Hall–Kier alpha value is -3.10. The van der Waals surface area contributed by atoms with E-state index in [1.54, 1.807) is 30.3 Å². The lowest BCUT2D eigenvalue weighted by molar-refractivity contribution is 0.0696. The maximum atomic E-state index is 11.1. The Morgan fingerprint density at radius 1 is 1.26 bits per heavy atom. The molecule has 136 valence electrons. The van der Waals surface area contributed by atoms with Crippen molar-refractivity contribution in [1.82, 2.24) is 9.78 Å². The van der Waals surface area contributed by atoms with Gasteiger partial charge in [0.2, 0.25) is 0 Å². The Morgan fingerprint density at radius 3 is 2.70 bits per heavy atom. The van der Waals surface area contributed by atoms with Gasteiger partial charge in [-0.2, -0.15) is 10.4 Å². The summed E-state index contributed by atoms with van der Waals surface area (Å²) in [6.45, 7) is 4.57. The molecule has 0 amide bonds. The number of aromatic nitrogens is 2. The van der Waals surface area contributed by atoms with E-state index in [-0.39, 0.29) is 5.56 Å². The van der Waals surface area contributed by atoms with Crippen LogP contribution in [0.5, 0.6) is 0 Å². The molecule has 0 aliphatic rings. The van der Waals surface area contributed by atoms with Crippen LogP contribution in [-0.4, -0.2) is 20.9 Å². The molecule has 0 bridgehead atoms. The first kappa shape index (κ1) is 18.7. The first-order valence-corrected chi connectivity index (χ1v) is 8.84. The number of carboxylic acid groups (broad SMARTS) is 1. The van der Waals surface area contributed by atoms with Gasteiger partial charge in [-0.1, -0.05) is 29.8 Å². The molecule has 1 N–H and O–H groups in total. The van der Waals surface area contributed by atoms with Crippen molar-refractivity contribution >= 4 is 17.6 Å². The third-order valence-corrected chi connectivity index (χ3v) is 4.86. The largest absolute Gasteiger partial charge is 0.478 e. The average molecular weight is 380 g/mol. The lowest BCUT2D eigenvalue weighted by Crippen LogP contribution is -2.06. The lowest BCUT2D eigenvalue weighted by Gasteiger charge is -2.07. The smallest absolute Gasteiger partial charge is 0.335 e. The number of halogens is 1. The van der Waals surface area contributed by atoms with E-state index in [0.717, 1.165) is 28.1 Å². The topological polar surface area (TPSA) is 78.9 Å². The molecule has 2 aromatic carbocycles. The van der Waals surface area contributed by atoms with Crippen LogP contribution in [0.15, 0.2) is 42.5 Å². The van der Waals surface area contributed by atoms with Crippen LogP contribution in [0.1, 0.15) is 32.9 Å². The van der Waals surface area contributed by atoms with Gasteiger partial charge in [-0.05, 0) is 55.7 Å². The first-order chi connectivity index (χ1) is 12.9. The van der Waals surface area contributed by atoms with Gasteiger partial charge in [-0.15, -0.1) is 0 Å². The van der Waals surface area contributed by atoms with Crippen molar-refractivity contribution in [1.29, 1.82) is 5.26 Å². The standard InChI is InChI=1S/C21H18ClN3O2/c1-13-20(16-6-7-18(12-23)19(22)11-16)14(2)25(24-13)9-8-15-4-3-5-17(10-15)21(26)27/h3-7,10-11H,8-9H2,1-2H3,(H,26,27). The molecule has 0 aliphatic heterocycles. The van der Waals surface area contributed by atoms with Crippen LogP contribution in [0, 0.1) is 25.2 Å². The van der Waals surface area contributed by atoms with Crippen molar-refractivity contribution in [2.75, 3.05) is 0 Å². The number of aryl methyl sites for hydroxylation is 3. The fourth-order valence-corrected chi connectivity index (χ4v) is 3.41. The van der Waals surface area contributed by atoms with Gasteiger partial charge < -0.3 is 5.11 Å². The highest BCUT2D eigenvalue weighted by Crippen LogP contribution is 2.30. The summed E-state index contributed by atoms with van der Waals surface area (Å²) in [7, 11) is 0. The zero-order valence-electron chi connectivity index (χ0n) is 15.0. The Kier molecular flexibility index (Phi) is 5.29. The summed E-state index contributed by atoms with van der Waals surface area (Å²) >= 11 is 6.17. The maximum absolute atomic E-state index is 11.1. The molecule has 0 radical (unpaired) electrons. The van der Waals surface area contributed by atoms with E-state index >= 15 is 0 Å². The molecule has 27 heavy (non-hydrogen) atoms. The van der Waals surface area contributed by atoms with Gasteiger partial charge in [-0.25, -0.2) is 4.79 Å². The summed E-state index contributed by atoms with van der Waals surface area (Å²) in [6.07, 6.45) is 0.677. The van der Waals surface area contributed by atoms with Gasteiger partial charge in [0.1, 0.15) is 6.07 Å². The normalized spacial score (nSPS) is 10.6. The lowest BCUT2D eigenvalue weighted by atomic mass is 10.0. The molecule has 5 nitrogen and oxygen atoms in total. The van der Waals surface area contributed by atoms with Crippen LogP contribution in [0.4, 0.5) is 0 Å². The fourth-order valence-electron chi connectivity index (χ4n) is 3.19. The van der Waals surface area contributed by atoms with Gasteiger partial charge >= 0.3 is 5.97 Å². The van der Waals surface area contributed by atoms with E-state index in [9.17, 15) is 4.79 Å². The third kappa shape index (κ3) is 3.86. The number of carboxylic acids is 1. The number of rotatable bonds is 5. The first-order valence-electron chi connectivity index (χ1n) is 8.47. The second kappa shape index (κ2) is 7.65. The molecule has 0 unspecified atom stereocenters. The van der Waals surface area contributed by atoms with E-state index in [4.69, 9.17) is 22.0 Å². The van der Waals surface area contributed by atoms with Crippen LogP contribution < -0.4 is 0 Å². The highest BCUT2D eigenvalue weighted by molar-refractivity contribution is 6.32. The monoisotopic (exact) mass is 379 g/mol. The summed E-state index contributed by atoms with van der Waals surface area (Å²) in [5, 5.41) is 23.2. The summed E-state index contributed by atoms with van der Waals surface area (Å²) < 4.78 is 1.92. The summed E-state index contributed by atoms with van der Waals surface area (Å²) in [4.78, 5) is 11.1. The minimum atomic E-state index is -0.928. The van der Waals surface area contributed by atoms with Crippen LogP contribution in [0.25, 0.3) is 11.1 Å². The Morgan fingerprint density at radius 2 is 2.04 bits per heavy atom. The molecular weight excluding hydrogens is 362 g/mol. The molecule has 0 spiro atoms. The highest BCUT2D eigenvalue weighted by atomic mass is 35.5. The Bertz CT molecular complexity index is 1060. The van der Waals surface area contributed by atoms with Gasteiger partial charge in [0.05, 0.1) is 21.8 Å². The van der Waals surface area contributed by atoms with Crippen molar-refractivity contribution in [3.8, 4) is 17.2 Å². The molecule has 1 heterocycles. The highest BCUT2D eigenvalue weighted by Gasteiger charge is 2.15. The molecule has 6 heteroatoms. The minimum absolute atomic E-state index is 0.286. The van der Waals surface area contributed by atoms with E-state index in [0.29, 0.717) is 23.6 Å². The number of hydrogen-bond donors (Lipinski definition) is 1. The number of benzene rings is 2. The predicted molar refractivity (Wildman–Crippen MR) is 104 cm³/mol. The molecular formula is C21H18ClN3O2. The molecule has 0 aliphatic carbocycles. The predicted octanol–water partition coefficient (Wildman–Crippen LogP) is 4.63. The number of aromatic carboxylic acids is 1. The summed E-state index contributed by atoms with van der Waals surface area (Å²) in [5.74, 6) is -0.928. The van der Waals surface area contributed by atoms with E-state index < -0.39 is 5.97 Å². The summed E-state index contributed by atoms with van der Waals surface area (Å²) in [5.41, 5.74) is 5.49. The Balaban J connectivity index is 1.86. The van der Waals surface area contributed by atoms with Gasteiger partial charge in [0, 0.05) is 17.8 Å². The average Bonchev–Trinajstić information content (AvgIpc) is 2.93. The quantitative estimate of drug-likeness (QED) is 0.700. The molecule has 3 rings (SSSR count). The number of carbonyl (C=O) groups is 1. The molecule has 0 saturated heterocycles. The molecule has 1 aromatic heterocycles. The van der Waals surface area contributed by atoms with Crippen molar-refractivity contribution in [2.45, 2.75) is 26.8 Å². The van der Waals surface area contributed by atoms with Crippen molar-refractivity contribution in [3.63, 3.8) is 0 Å². The Labute approximate surface area is 162 Å². The minimum Gasteiger partial charge on any atom is -0.478 e. The number of hydrogen-bond acceptors (Lipinski definition) is 3. The van der Waals surface area contributed by atoms with Crippen LogP contribution >= 0.6 is 11.6 Å². The van der Waals surface area contributed by atoms with E-state index in [2.05, 4.69) is 11.2 Å². The number of nitriles is 1. The van der Waals surface area contributed by atoms with Crippen molar-refractivity contribution in [2.24, 2.45) is 0 Å². The van der Waals surface area contributed by atoms with E-state index in [1.807, 2.05) is 30.7 Å². The molecule has 3 aromatic rings. The number of nitrogens with zero attached hydrogens (tertiary/aromatic N) is 3. The fraction of sp³-hybridized carbons (Fsp3) is 0.190. The van der Waals surface area contributed by atoms with Crippen molar-refractivity contribution < 1.29 is 9.90 Å². The second-order valence-corrected chi connectivity index (χ2v) is 6.74. The van der Waals surface area contributed by atoms with Crippen LogP contribution in [0.2, 0.25) is 5.02 Å². The van der Waals surface area contributed by atoms with Gasteiger partial charge in [0.25, 0.3) is 0 Å². The van der Waals surface area contributed by atoms with Crippen LogP contribution in [0.3, 0.4) is 0 Å². The van der Waals surface area contributed by atoms with E-state index in [1.165, 1.54) is 0 Å². The van der Waals surface area contributed by atoms with Gasteiger partial charge in [-0.3, -0.25) is 4.68 Å². The van der Waals surface area contributed by atoms with Crippen LogP contribution in [-0.2, 0) is 13.0 Å². The maximum Gasteiger partial charge on any atom is 0.335 e. The SMILES string of the molecule is Cc1nn(CCc2cccc(C(=O)O)c2)c(C)c1-c1ccc(C#N)c(Cl)c1. The molecule has 0 atom stereocenters. The third-order valence-electron chi connectivity index (χ3n) is 4.55. The van der Waals surface area contributed by atoms with Crippen molar-refractivity contribution in [3.05, 3.63) is 75.6 Å². The van der Waals surface area contributed by atoms with Gasteiger partial charge in [0.15, 0.2) is 0 Å². The second-order valence-electron chi connectivity index (χ2n) is 6.33. The molecule has 0 saturated carbocycles. The zero-order valence-corrected chi connectivity index (χ0v) is 15.8.